The Morgan fingerprint density at radius 1 is 0.500 bits per heavy atom. The van der Waals surface area contributed by atoms with Crippen LogP contribution in [0.2, 0.25) is 10.0 Å². The highest BCUT2D eigenvalue weighted by molar-refractivity contribution is 6.32. The maximum atomic E-state index is 8.95. The van der Waals surface area contributed by atoms with Gasteiger partial charge in [-0.25, -0.2) is 0 Å². The Balaban J connectivity index is 1.44. The summed E-state index contributed by atoms with van der Waals surface area (Å²) in [6, 6.07) is 31.3. The SMILES string of the molecule is N#Cc1ccc(/C=C/c2ccc(-c3ccc(/C=C/c4ccc(C#N)cc4Cl)cc3)cc2)c(Cl)c1. The largest absolute Gasteiger partial charge is 0.192 e. The van der Waals surface area contributed by atoms with E-state index in [0.717, 1.165) is 33.4 Å². The van der Waals surface area contributed by atoms with Gasteiger partial charge < -0.3 is 0 Å². The van der Waals surface area contributed by atoms with Crippen LogP contribution in [-0.4, -0.2) is 0 Å². The van der Waals surface area contributed by atoms with Gasteiger partial charge in [0.2, 0.25) is 0 Å². The van der Waals surface area contributed by atoms with Crippen molar-refractivity contribution in [1.29, 1.82) is 10.5 Å². The molecule has 0 unspecified atom stereocenters. The molecule has 4 rings (SSSR count). The van der Waals surface area contributed by atoms with Crippen molar-refractivity contribution in [3.05, 3.63) is 128 Å². The second kappa shape index (κ2) is 10.7. The average molecular weight is 477 g/mol. The molecule has 0 saturated carbocycles. The highest BCUT2D eigenvalue weighted by Gasteiger charge is 2.01. The topological polar surface area (TPSA) is 47.6 Å². The van der Waals surface area contributed by atoms with E-state index in [0.29, 0.717) is 21.2 Å². The maximum Gasteiger partial charge on any atom is 0.0992 e. The third kappa shape index (κ3) is 5.64. The average Bonchev–Trinajstić information content (AvgIpc) is 2.88. The molecule has 0 N–H and O–H groups in total. The summed E-state index contributed by atoms with van der Waals surface area (Å²) in [5.41, 5.74) is 7.20. The van der Waals surface area contributed by atoms with Crippen molar-refractivity contribution in [2.45, 2.75) is 0 Å². The third-order valence-electron chi connectivity index (χ3n) is 5.32. The van der Waals surface area contributed by atoms with Gasteiger partial charge in [0.05, 0.1) is 23.3 Å². The fourth-order valence-electron chi connectivity index (χ4n) is 3.41. The van der Waals surface area contributed by atoms with Gasteiger partial charge in [-0.2, -0.15) is 10.5 Å². The van der Waals surface area contributed by atoms with Gasteiger partial charge in [-0.3, -0.25) is 0 Å². The molecule has 34 heavy (non-hydrogen) atoms. The molecule has 0 aliphatic heterocycles. The van der Waals surface area contributed by atoms with E-state index < -0.39 is 0 Å². The van der Waals surface area contributed by atoms with Crippen LogP contribution >= 0.6 is 23.2 Å². The highest BCUT2D eigenvalue weighted by Crippen LogP contribution is 2.24. The van der Waals surface area contributed by atoms with Crippen LogP contribution in [0.15, 0.2) is 84.9 Å². The van der Waals surface area contributed by atoms with E-state index in [1.165, 1.54) is 0 Å². The Labute approximate surface area is 209 Å². The quantitative estimate of drug-likeness (QED) is 0.270. The van der Waals surface area contributed by atoms with E-state index in [9.17, 15) is 0 Å². The lowest BCUT2D eigenvalue weighted by Gasteiger charge is -2.04. The van der Waals surface area contributed by atoms with Gasteiger partial charge in [0.1, 0.15) is 0 Å². The van der Waals surface area contributed by atoms with Crippen LogP contribution in [-0.2, 0) is 0 Å². The molecule has 0 atom stereocenters. The van der Waals surface area contributed by atoms with Crippen molar-refractivity contribution < 1.29 is 0 Å². The zero-order valence-corrected chi connectivity index (χ0v) is 19.6. The molecule has 4 aromatic rings. The van der Waals surface area contributed by atoms with E-state index in [2.05, 4.69) is 60.7 Å². The molecular weight excluding hydrogens is 459 g/mol. The minimum Gasteiger partial charge on any atom is -0.192 e. The fraction of sp³-hybridized carbons (Fsp3) is 0. The van der Waals surface area contributed by atoms with Gasteiger partial charge in [0.25, 0.3) is 0 Å². The summed E-state index contributed by atoms with van der Waals surface area (Å²) in [6.07, 6.45) is 7.89. The van der Waals surface area contributed by atoms with Crippen molar-refractivity contribution >= 4 is 47.5 Å². The predicted octanol–water partition coefficient (Wildman–Crippen LogP) is 8.74. The molecule has 0 aliphatic rings. The lowest BCUT2D eigenvalue weighted by molar-refractivity contribution is 1.48. The normalized spacial score (nSPS) is 10.9. The summed E-state index contributed by atoms with van der Waals surface area (Å²) in [6.45, 7) is 0. The Morgan fingerprint density at radius 2 is 0.882 bits per heavy atom. The van der Waals surface area contributed by atoms with Gasteiger partial charge in [-0.05, 0) is 57.6 Å². The van der Waals surface area contributed by atoms with Crippen LogP contribution in [0.25, 0.3) is 35.4 Å². The molecule has 0 aromatic heterocycles. The van der Waals surface area contributed by atoms with Crippen LogP contribution in [0.1, 0.15) is 33.4 Å². The number of rotatable bonds is 5. The van der Waals surface area contributed by atoms with Crippen molar-refractivity contribution in [3.8, 4) is 23.3 Å². The minimum atomic E-state index is 0.547. The van der Waals surface area contributed by atoms with Crippen molar-refractivity contribution in [3.63, 3.8) is 0 Å². The Kier molecular flexibility index (Phi) is 7.26. The zero-order chi connectivity index (χ0) is 23.9. The standard InChI is InChI=1S/C30H18Cl2N2/c31-29-17-23(19-33)7-15-27(29)13-5-21-1-9-25(10-2-21)26-11-3-22(4-12-26)6-14-28-16-8-24(20-34)18-30(28)32/h1-18H/b13-5+,14-6+. The van der Waals surface area contributed by atoms with E-state index >= 15 is 0 Å². The first kappa shape index (κ1) is 23.1. The summed E-state index contributed by atoms with van der Waals surface area (Å²) < 4.78 is 0. The number of hydrogen-bond acceptors (Lipinski definition) is 2. The first-order chi connectivity index (χ1) is 16.6. The van der Waals surface area contributed by atoms with Crippen molar-refractivity contribution in [2.24, 2.45) is 0 Å². The summed E-state index contributed by atoms with van der Waals surface area (Å²) in [4.78, 5) is 0. The maximum absolute atomic E-state index is 8.95. The number of nitriles is 2. The number of halogens is 2. The number of benzene rings is 4. The van der Waals surface area contributed by atoms with E-state index in [1.54, 1.807) is 24.3 Å². The number of hydrogen-bond donors (Lipinski definition) is 0. The molecule has 0 aliphatic carbocycles. The molecule has 0 bridgehead atoms. The Hall–Kier alpha value is -4.08. The Morgan fingerprint density at radius 3 is 1.21 bits per heavy atom. The van der Waals surface area contributed by atoms with Crippen molar-refractivity contribution in [2.75, 3.05) is 0 Å². The molecule has 0 radical (unpaired) electrons. The first-order valence-electron chi connectivity index (χ1n) is 10.5. The molecule has 0 saturated heterocycles. The lowest BCUT2D eigenvalue weighted by Crippen LogP contribution is -1.81. The molecule has 0 amide bonds. The van der Waals surface area contributed by atoms with Crippen LogP contribution in [0.4, 0.5) is 0 Å². The fourth-order valence-corrected chi connectivity index (χ4v) is 3.90. The van der Waals surface area contributed by atoms with Crippen molar-refractivity contribution in [1.82, 2.24) is 0 Å². The monoisotopic (exact) mass is 476 g/mol. The Bertz CT molecular complexity index is 1350. The molecule has 4 heteroatoms. The van der Waals surface area contributed by atoms with Gasteiger partial charge in [0, 0.05) is 10.0 Å². The van der Waals surface area contributed by atoms with Crippen LogP contribution in [0, 0.1) is 22.7 Å². The molecule has 0 fully saturated rings. The number of nitrogens with zero attached hydrogens (tertiary/aromatic N) is 2. The van der Waals surface area contributed by atoms with E-state index in [1.807, 2.05) is 36.4 Å². The van der Waals surface area contributed by atoms with E-state index in [-0.39, 0.29) is 0 Å². The summed E-state index contributed by atoms with van der Waals surface area (Å²) in [5, 5.41) is 19.0. The third-order valence-corrected chi connectivity index (χ3v) is 5.98. The van der Waals surface area contributed by atoms with Crippen LogP contribution < -0.4 is 0 Å². The zero-order valence-electron chi connectivity index (χ0n) is 18.0. The summed E-state index contributed by atoms with van der Waals surface area (Å²) in [5.74, 6) is 0. The minimum absolute atomic E-state index is 0.547. The summed E-state index contributed by atoms with van der Waals surface area (Å²) >= 11 is 12.5. The van der Waals surface area contributed by atoms with Crippen LogP contribution in [0.5, 0.6) is 0 Å². The molecular formula is C30H18Cl2N2. The smallest absolute Gasteiger partial charge is 0.0992 e. The van der Waals surface area contributed by atoms with Crippen LogP contribution in [0.3, 0.4) is 0 Å². The second-order valence-corrected chi connectivity index (χ2v) is 8.42. The molecule has 2 nitrogen and oxygen atoms in total. The highest BCUT2D eigenvalue weighted by atomic mass is 35.5. The van der Waals surface area contributed by atoms with Gasteiger partial charge >= 0.3 is 0 Å². The van der Waals surface area contributed by atoms with E-state index in [4.69, 9.17) is 33.7 Å². The second-order valence-electron chi connectivity index (χ2n) is 7.61. The molecule has 0 heterocycles. The molecule has 162 valence electrons. The lowest BCUT2D eigenvalue weighted by atomic mass is 10.0. The summed E-state index contributed by atoms with van der Waals surface area (Å²) in [7, 11) is 0. The molecule has 4 aromatic carbocycles. The first-order valence-corrected chi connectivity index (χ1v) is 11.3. The predicted molar refractivity (Wildman–Crippen MR) is 142 cm³/mol. The molecule has 0 spiro atoms. The van der Waals surface area contributed by atoms with Gasteiger partial charge in [-0.1, -0.05) is 108 Å². The van der Waals surface area contributed by atoms with Gasteiger partial charge in [0.15, 0.2) is 0 Å². The van der Waals surface area contributed by atoms with Gasteiger partial charge in [-0.15, -0.1) is 0 Å².